The summed E-state index contributed by atoms with van der Waals surface area (Å²) in [6.07, 6.45) is 0. The highest BCUT2D eigenvalue weighted by Crippen LogP contribution is 2.27. The SMILES string of the molecule is COc1ccc(SCc2ccc(C#CCN)s2)cc1. The highest BCUT2D eigenvalue weighted by molar-refractivity contribution is 7.98. The topological polar surface area (TPSA) is 35.2 Å². The van der Waals surface area contributed by atoms with Crippen molar-refractivity contribution in [1.29, 1.82) is 0 Å². The Morgan fingerprint density at radius 1 is 1.21 bits per heavy atom. The van der Waals surface area contributed by atoms with Gasteiger partial charge >= 0.3 is 0 Å². The first kappa shape index (κ1) is 14.0. The van der Waals surface area contributed by atoms with Crippen LogP contribution in [0.1, 0.15) is 9.75 Å². The number of hydrogen-bond acceptors (Lipinski definition) is 4. The molecule has 1 aromatic heterocycles. The van der Waals surface area contributed by atoms with Gasteiger partial charge in [-0.25, -0.2) is 0 Å². The Hall–Kier alpha value is -1.41. The van der Waals surface area contributed by atoms with Crippen molar-refractivity contribution in [2.24, 2.45) is 5.73 Å². The predicted octanol–water partition coefficient (Wildman–Crippen LogP) is 3.36. The number of benzene rings is 1. The highest BCUT2D eigenvalue weighted by Gasteiger charge is 2.00. The van der Waals surface area contributed by atoms with Crippen LogP contribution in [-0.2, 0) is 5.75 Å². The Balaban J connectivity index is 1.92. The summed E-state index contributed by atoms with van der Waals surface area (Å²) in [6.45, 7) is 0.411. The lowest BCUT2D eigenvalue weighted by atomic mass is 10.3. The van der Waals surface area contributed by atoms with E-state index in [4.69, 9.17) is 10.5 Å². The number of ether oxygens (including phenoxy) is 1. The van der Waals surface area contributed by atoms with Crippen molar-refractivity contribution >= 4 is 23.1 Å². The van der Waals surface area contributed by atoms with Gasteiger partial charge in [-0.2, -0.15) is 0 Å². The maximum absolute atomic E-state index is 5.36. The summed E-state index contributed by atoms with van der Waals surface area (Å²) in [6, 6.07) is 12.3. The number of thiophene rings is 1. The van der Waals surface area contributed by atoms with Gasteiger partial charge in [0.15, 0.2) is 0 Å². The van der Waals surface area contributed by atoms with Gasteiger partial charge in [0.2, 0.25) is 0 Å². The summed E-state index contributed by atoms with van der Waals surface area (Å²) >= 11 is 3.54. The largest absolute Gasteiger partial charge is 0.497 e. The molecule has 0 atom stereocenters. The molecule has 0 saturated carbocycles. The molecule has 0 unspecified atom stereocenters. The second kappa shape index (κ2) is 7.25. The van der Waals surface area contributed by atoms with E-state index < -0.39 is 0 Å². The monoisotopic (exact) mass is 289 g/mol. The van der Waals surface area contributed by atoms with Crippen molar-refractivity contribution in [2.75, 3.05) is 13.7 Å². The van der Waals surface area contributed by atoms with Crippen molar-refractivity contribution in [2.45, 2.75) is 10.6 Å². The van der Waals surface area contributed by atoms with Crippen LogP contribution >= 0.6 is 23.1 Å². The van der Waals surface area contributed by atoms with Gasteiger partial charge in [-0.15, -0.1) is 23.1 Å². The van der Waals surface area contributed by atoms with E-state index in [0.717, 1.165) is 16.4 Å². The third-order valence-corrected chi connectivity index (χ3v) is 4.66. The van der Waals surface area contributed by atoms with E-state index in [1.165, 1.54) is 9.77 Å². The van der Waals surface area contributed by atoms with E-state index >= 15 is 0 Å². The second-order valence-corrected chi connectivity index (χ2v) is 5.95. The summed E-state index contributed by atoms with van der Waals surface area (Å²) in [5.41, 5.74) is 5.36. The fraction of sp³-hybridized carbons (Fsp3) is 0.200. The van der Waals surface area contributed by atoms with Gasteiger partial charge in [0.05, 0.1) is 18.5 Å². The maximum Gasteiger partial charge on any atom is 0.118 e. The number of thioether (sulfide) groups is 1. The Labute approximate surface area is 122 Å². The first-order valence-electron chi connectivity index (χ1n) is 5.86. The Morgan fingerprint density at radius 3 is 2.68 bits per heavy atom. The molecule has 2 aromatic rings. The van der Waals surface area contributed by atoms with E-state index in [9.17, 15) is 0 Å². The van der Waals surface area contributed by atoms with Crippen LogP contribution < -0.4 is 10.5 Å². The molecule has 98 valence electrons. The summed E-state index contributed by atoms with van der Waals surface area (Å²) in [5, 5.41) is 0. The third-order valence-electron chi connectivity index (χ3n) is 2.42. The van der Waals surface area contributed by atoms with Crippen molar-refractivity contribution in [1.82, 2.24) is 0 Å². The molecule has 0 spiro atoms. The zero-order valence-electron chi connectivity index (χ0n) is 10.7. The zero-order valence-corrected chi connectivity index (χ0v) is 12.3. The lowest BCUT2D eigenvalue weighted by Crippen LogP contribution is -1.92. The molecule has 0 amide bonds. The van der Waals surface area contributed by atoms with E-state index in [2.05, 4.69) is 36.1 Å². The van der Waals surface area contributed by atoms with E-state index in [1.54, 1.807) is 18.4 Å². The van der Waals surface area contributed by atoms with E-state index in [0.29, 0.717) is 6.54 Å². The predicted molar refractivity (Wildman–Crippen MR) is 82.8 cm³/mol. The number of methoxy groups -OCH3 is 1. The van der Waals surface area contributed by atoms with Crippen LogP contribution in [0.3, 0.4) is 0 Å². The van der Waals surface area contributed by atoms with Crippen LogP contribution in [-0.4, -0.2) is 13.7 Å². The van der Waals surface area contributed by atoms with Gasteiger partial charge in [0.1, 0.15) is 5.75 Å². The molecule has 4 heteroatoms. The summed E-state index contributed by atoms with van der Waals surface area (Å²) in [5.74, 6) is 7.78. The third kappa shape index (κ3) is 4.32. The van der Waals surface area contributed by atoms with Gasteiger partial charge in [-0.05, 0) is 36.4 Å². The van der Waals surface area contributed by atoms with Crippen molar-refractivity contribution < 1.29 is 4.74 Å². The van der Waals surface area contributed by atoms with Crippen molar-refractivity contribution in [3.05, 3.63) is 46.2 Å². The van der Waals surface area contributed by atoms with E-state index in [1.807, 2.05) is 23.9 Å². The van der Waals surface area contributed by atoms with Crippen LogP contribution in [0.15, 0.2) is 41.3 Å². The van der Waals surface area contributed by atoms with E-state index in [-0.39, 0.29) is 0 Å². The zero-order chi connectivity index (χ0) is 13.5. The molecule has 0 bridgehead atoms. The molecule has 0 aliphatic rings. The van der Waals surface area contributed by atoms with Gasteiger partial charge in [0, 0.05) is 15.5 Å². The average Bonchev–Trinajstić information content (AvgIpc) is 2.91. The first-order chi connectivity index (χ1) is 9.31. The minimum absolute atomic E-state index is 0.411. The average molecular weight is 289 g/mol. The molecule has 0 radical (unpaired) electrons. The van der Waals surface area contributed by atoms with Gasteiger partial charge in [-0.1, -0.05) is 11.8 Å². The molecular weight excluding hydrogens is 274 g/mol. The van der Waals surface area contributed by atoms with Crippen molar-refractivity contribution in [3.63, 3.8) is 0 Å². The molecule has 19 heavy (non-hydrogen) atoms. The Bertz CT molecular complexity index is 578. The number of nitrogens with two attached hydrogens (primary N) is 1. The molecular formula is C15H15NOS2. The standard InChI is InChI=1S/C15H15NOS2/c1-17-12-4-6-13(7-5-12)18-11-15-9-8-14(19-15)3-2-10-16/h4-9H,10-11,16H2,1H3. The molecule has 2 N–H and O–H groups in total. The Kier molecular flexibility index (Phi) is 5.34. The van der Waals surface area contributed by atoms with Gasteiger partial charge in [0.25, 0.3) is 0 Å². The molecule has 1 aromatic carbocycles. The van der Waals surface area contributed by atoms with Gasteiger partial charge < -0.3 is 10.5 Å². The first-order valence-corrected chi connectivity index (χ1v) is 7.66. The summed E-state index contributed by atoms with van der Waals surface area (Å²) in [7, 11) is 1.68. The maximum atomic E-state index is 5.36. The molecule has 0 fully saturated rings. The van der Waals surface area contributed by atoms with Crippen LogP contribution in [0.2, 0.25) is 0 Å². The molecule has 2 nitrogen and oxygen atoms in total. The molecule has 1 heterocycles. The summed E-state index contributed by atoms with van der Waals surface area (Å²) < 4.78 is 5.14. The number of hydrogen-bond donors (Lipinski definition) is 1. The minimum Gasteiger partial charge on any atom is -0.497 e. The van der Waals surface area contributed by atoms with Gasteiger partial charge in [-0.3, -0.25) is 0 Å². The fourth-order valence-electron chi connectivity index (χ4n) is 1.49. The minimum atomic E-state index is 0.411. The molecule has 2 rings (SSSR count). The molecule has 0 saturated heterocycles. The van der Waals surface area contributed by atoms with Crippen LogP contribution in [0, 0.1) is 11.8 Å². The molecule has 0 aliphatic carbocycles. The lowest BCUT2D eigenvalue weighted by Gasteiger charge is -2.02. The smallest absolute Gasteiger partial charge is 0.118 e. The lowest BCUT2D eigenvalue weighted by molar-refractivity contribution is 0.414. The van der Waals surface area contributed by atoms with Crippen molar-refractivity contribution in [3.8, 4) is 17.6 Å². The number of rotatable bonds is 4. The van der Waals surface area contributed by atoms with Crippen LogP contribution in [0.25, 0.3) is 0 Å². The Morgan fingerprint density at radius 2 is 2.00 bits per heavy atom. The summed E-state index contributed by atoms with van der Waals surface area (Å²) in [4.78, 5) is 3.64. The molecule has 0 aliphatic heterocycles. The fourth-order valence-corrected chi connectivity index (χ4v) is 3.31. The van der Waals surface area contributed by atoms with Crippen LogP contribution in [0.5, 0.6) is 5.75 Å². The normalized spacial score (nSPS) is 9.79. The van der Waals surface area contributed by atoms with Crippen LogP contribution in [0.4, 0.5) is 0 Å². The second-order valence-electron chi connectivity index (χ2n) is 3.74. The highest BCUT2D eigenvalue weighted by atomic mass is 32.2. The quantitative estimate of drug-likeness (QED) is 0.692.